The molecule has 0 bridgehead atoms. The van der Waals surface area contributed by atoms with Gasteiger partial charge in [0.1, 0.15) is 0 Å². The highest BCUT2D eigenvalue weighted by Gasteiger charge is 2.51. The lowest BCUT2D eigenvalue weighted by Crippen LogP contribution is -2.50. The average Bonchev–Trinajstić information content (AvgIpc) is 3.18. The molecule has 0 spiro atoms. The van der Waals surface area contributed by atoms with E-state index in [1.807, 2.05) is 4.90 Å². The Morgan fingerprint density at radius 1 is 1.09 bits per heavy atom. The highest BCUT2D eigenvalue weighted by Crippen LogP contribution is 2.41. The van der Waals surface area contributed by atoms with Crippen LogP contribution in [0.2, 0.25) is 0 Å². The number of rotatable bonds is 3. The Balaban J connectivity index is 1.28. The zero-order chi connectivity index (χ0) is 16.0. The molecule has 3 atom stereocenters. The van der Waals surface area contributed by atoms with Crippen molar-refractivity contribution in [2.45, 2.75) is 62.8 Å². The molecule has 3 saturated heterocycles. The van der Waals surface area contributed by atoms with Gasteiger partial charge in [0.15, 0.2) is 5.67 Å². The van der Waals surface area contributed by atoms with Crippen LogP contribution in [0.15, 0.2) is 0 Å². The molecule has 0 aromatic carbocycles. The van der Waals surface area contributed by atoms with E-state index in [-0.39, 0.29) is 29.9 Å². The SMILES string of the molecule is O=C(C[C@@H]1C[C@H]2CN(C(=O)C3(F)CCC3)C[C@H]2O1)N1CCCC1. The molecule has 0 aromatic rings. The number of amides is 2. The molecule has 1 aliphatic carbocycles. The summed E-state index contributed by atoms with van der Waals surface area (Å²) < 4.78 is 20.3. The lowest BCUT2D eigenvalue weighted by atomic mass is 9.81. The summed E-state index contributed by atoms with van der Waals surface area (Å²) >= 11 is 0. The van der Waals surface area contributed by atoms with E-state index in [0.29, 0.717) is 32.4 Å². The lowest BCUT2D eigenvalue weighted by molar-refractivity contribution is -0.150. The first-order valence-corrected chi connectivity index (χ1v) is 8.97. The third-order valence-corrected chi connectivity index (χ3v) is 5.99. The average molecular weight is 324 g/mol. The third kappa shape index (κ3) is 2.75. The standard InChI is InChI=1S/C17H25FN2O3/c18-17(4-3-5-17)16(22)20-10-12-8-13(23-14(12)11-20)9-15(21)19-6-1-2-7-19/h12-14H,1-11H2/t12-,13-,14+/m0/s1. The van der Waals surface area contributed by atoms with Gasteiger partial charge in [-0.05, 0) is 38.5 Å². The van der Waals surface area contributed by atoms with E-state index in [1.54, 1.807) is 4.90 Å². The second-order valence-corrected chi connectivity index (χ2v) is 7.61. The number of alkyl halides is 1. The second kappa shape index (κ2) is 5.72. The summed E-state index contributed by atoms with van der Waals surface area (Å²) in [4.78, 5) is 28.0. The molecule has 4 aliphatic rings. The highest BCUT2D eigenvalue weighted by molar-refractivity contribution is 5.86. The van der Waals surface area contributed by atoms with Crippen molar-refractivity contribution in [3.63, 3.8) is 0 Å². The van der Waals surface area contributed by atoms with E-state index in [1.165, 1.54) is 0 Å². The first kappa shape index (κ1) is 15.4. The number of carbonyl (C=O) groups excluding carboxylic acids is 2. The Bertz CT molecular complexity index is 488. The van der Waals surface area contributed by atoms with Crippen LogP contribution < -0.4 is 0 Å². The minimum absolute atomic E-state index is 0.0148. The summed E-state index contributed by atoms with van der Waals surface area (Å²) in [6.45, 7) is 2.83. The van der Waals surface area contributed by atoms with Gasteiger partial charge in [0.05, 0.1) is 18.6 Å². The van der Waals surface area contributed by atoms with Crippen LogP contribution in [0.3, 0.4) is 0 Å². The quantitative estimate of drug-likeness (QED) is 0.791. The van der Waals surface area contributed by atoms with Gasteiger partial charge in [0.2, 0.25) is 5.91 Å². The number of hydrogen-bond donors (Lipinski definition) is 0. The molecule has 23 heavy (non-hydrogen) atoms. The summed E-state index contributed by atoms with van der Waals surface area (Å²) in [7, 11) is 0. The van der Waals surface area contributed by atoms with E-state index in [0.717, 1.165) is 38.8 Å². The number of ether oxygens (including phenoxy) is 1. The molecule has 5 nitrogen and oxygen atoms in total. The largest absolute Gasteiger partial charge is 0.372 e. The minimum Gasteiger partial charge on any atom is -0.372 e. The Hall–Kier alpha value is -1.17. The van der Waals surface area contributed by atoms with Crippen molar-refractivity contribution >= 4 is 11.8 Å². The molecule has 4 fully saturated rings. The summed E-state index contributed by atoms with van der Waals surface area (Å²) in [5.41, 5.74) is -1.61. The molecule has 0 aromatic heterocycles. The molecule has 2 amide bonds. The summed E-state index contributed by atoms with van der Waals surface area (Å²) in [6.07, 6.45) is 4.96. The molecule has 0 unspecified atom stereocenters. The molecule has 128 valence electrons. The molecule has 3 aliphatic heterocycles. The van der Waals surface area contributed by atoms with Crippen LogP contribution in [0.5, 0.6) is 0 Å². The smallest absolute Gasteiger partial charge is 0.260 e. The number of hydrogen-bond acceptors (Lipinski definition) is 3. The predicted molar refractivity (Wildman–Crippen MR) is 81.5 cm³/mol. The minimum atomic E-state index is -1.61. The molecular weight excluding hydrogens is 299 g/mol. The number of fused-ring (bicyclic) bond motifs is 1. The van der Waals surface area contributed by atoms with Crippen molar-refractivity contribution in [1.82, 2.24) is 9.80 Å². The Labute approximate surface area is 136 Å². The van der Waals surface area contributed by atoms with Crippen molar-refractivity contribution in [2.24, 2.45) is 5.92 Å². The number of nitrogens with zero attached hydrogens (tertiary/aromatic N) is 2. The maximum absolute atomic E-state index is 14.3. The summed E-state index contributed by atoms with van der Waals surface area (Å²) in [6, 6.07) is 0. The van der Waals surface area contributed by atoms with Gasteiger partial charge < -0.3 is 14.5 Å². The van der Waals surface area contributed by atoms with E-state index in [4.69, 9.17) is 4.74 Å². The summed E-state index contributed by atoms with van der Waals surface area (Å²) in [5, 5.41) is 0. The highest BCUT2D eigenvalue weighted by atomic mass is 19.1. The van der Waals surface area contributed by atoms with E-state index in [9.17, 15) is 14.0 Å². The zero-order valence-electron chi connectivity index (χ0n) is 13.5. The fourth-order valence-corrected chi connectivity index (χ4v) is 4.43. The van der Waals surface area contributed by atoms with Gasteiger partial charge in [-0.3, -0.25) is 9.59 Å². The molecule has 0 radical (unpaired) electrons. The van der Waals surface area contributed by atoms with Gasteiger partial charge >= 0.3 is 0 Å². The van der Waals surface area contributed by atoms with Crippen molar-refractivity contribution in [3.8, 4) is 0 Å². The van der Waals surface area contributed by atoms with E-state index < -0.39 is 5.67 Å². The zero-order valence-corrected chi connectivity index (χ0v) is 13.5. The fraction of sp³-hybridized carbons (Fsp3) is 0.882. The van der Waals surface area contributed by atoms with Crippen LogP contribution in [-0.2, 0) is 14.3 Å². The van der Waals surface area contributed by atoms with Gasteiger partial charge in [-0.15, -0.1) is 0 Å². The van der Waals surface area contributed by atoms with Crippen LogP contribution in [-0.4, -0.2) is 65.7 Å². The Kier molecular flexibility index (Phi) is 3.82. The topological polar surface area (TPSA) is 49.9 Å². The normalized spacial score (nSPS) is 35.3. The van der Waals surface area contributed by atoms with Crippen molar-refractivity contribution in [2.75, 3.05) is 26.2 Å². The van der Waals surface area contributed by atoms with Crippen molar-refractivity contribution in [1.29, 1.82) is 0 Å². The lowest BCUT2D eigenvalue weighted by Gasteiger charge is -2.35. The molecule has 6 heteroatoms. The van der Waals surface area contributed by atoms with Crippen molar-refractivity contribution in [3.05, 3.63) is 0 Å². The van der Waals surface area contributed by atoms with Crippen LogP contribution in [0.1, 0.15) is 44.9 Å². The first-order chi connectivity index (χ1) is 11.0. The first-order valence-electron chi connectivity index (χ1n) is 8.97. The monoisotopic (exact) mass is 324 g/mol. The number of likely N-dealkylation sites (tertiary alicyclic amines) is 2. The van der Waals surface area contributed by atoms with E-state index >= 15 is 0 Å². The molecule has 4 rings (SSSR count). The molecule has 3 heterocycles. The maximum Gasteiger partial charge on any atom is 0.260 e. The van der Waals surface area contributed by atoms with Crippen molar-refractivity contribution < 1.29 is 18.7 Å². The molecular formula is C17H25FN2O3. The Morgan fingerprint density at radius 2 is 1.83 bits per heavy atom. The predicted octanol–water partition coefficient (Wildman–Crippen LogP) is 1.51. The van der Waals surface area contributed by atoms with Crippen LogP contribution in [0, 0.1) is 5.92 Å². The van der Waals surface area contributed by atoms with Crippen LogP contribution in [0.4, 0.5) is 4.39 Å². The maximum atomic E-state index is 14.3. The molecule has 1 saturated carbocycles. The van der Waals surface area contributed by atoms with Gasteiger partial charge in [0, 0.05) is 32.1 Å². The van der Waals surface area contributed by atoms with Gasteiger partial charge in [0.25, 0.3) is 5.91 Å². The van der Waals surface area contributed by atoms with Gasteiger partial charge in [-0.1, -0.05) is 0 Å². The number of halogens is 1. The Morgan fingerprint density at radius 3 is 2.43 bits per heavy atom. The molecule has 0 N–H and O–H groups in total. The second-order valence-electron chi connectivity index (χ2n) is 7.61. The number of carbonyl (C=O) groups is 2. The third-order valence-electron chi connectivity index (χ3n) is 5.99. The van der Waals surface area contributed by atoms with Gasteiger partial charge in [-0.2, -0.15) is 0 Å². The van der Waals surface area contributed by atoms with E-state index in [2.05, 4.69) is 0 Å². The fourth-order valence-electron chi connectivity index (χ4n) is 4.43. The van der Waals surface area contributed by atoms with Crippen LogP contribution in [0.25, 0.3) is 0 Å². The van der Waals surface area contributed by atoms with Gasteiger partial charge in [-0.25, -0.2) is 4.39 Å². The summed E-state index contributed by atoms with van der Waals surface area (Å²) in [5.74, 6) is 0.114. The van der Waals surface area contributed by atoms with Crippen LogP contribution >= 0.6 is 0 Å².